The van der Waals surface area contributed by atoms with E-state index in [9.17, 15) is 4.79 Å². The van der Waals surface area contributed by atoms with Gasteiger partial charge < -0.3 is 18.9 Å². The number of likely N-dealkylation sites (N-methyl/N-ethyl adjacent to an activating group) is 1. The van der Waals surface area contributed by atoms with Crippen LogP contribution in [0.2, 0.25) is 0 Å². The van der Waals surface area contributed by atoms with Crippen molar-refractivity contribution in [3.8, 4) is 11.5 Å². The summed E-state index contributed by atoms with van der Waals surface area (Å²) >= 11 is 0. The van der Waals surface area contributed by atoms with Gasteiger partial charge in [0.1, 0.15) is 6.61 Å². The van der Waals surface area contributed by atoms with Gasteiger partial charge in [0.05, 0.1) is 12.1 Å². The Labute approximate surface area is 149 Å². The maximum atomic E-state index is 12.9. The van der Waals surface area contributed by atoms with Gasteiger partial charge in [-0.05, 0) is 45.9 Å². The molecule has 3 rings (SSSR count). The number of nitrogens with zero attached hydrogens (tertiary/aromatic N) is 2. The smallest absolute Gasteiger partial charge is 0.255 e. The molecule has 0 fully saturated rings. The van der Waals surface area contributed by atoms with Gasteiger partial charge in [0, 0.05) is 24.5 Å². The highest BCUT2D eigenvalue weighted by Crippen LogP contribution is 2.31. The van der Waals surface area contributed by atoms with Gasteiger partial charge >= 0.3 is 0 Å². The molecule has 0 saturated heterocycles. The topological polar surface area (TPSA) is 43.7 Å². The molecule has 1 aliphatic rings. The zero-order chi connectivity index (χ0) is 18.1. The van der Waals surface area contributed by atoms with Gasteiger partial charge in [0.15, 0.2) is 17.6 Å². The SMILES string of the molecule is Cc1cc(C(=O)N(C)CC2COc3ccccc3O2)c(C)n1C(C)C. The Morgan fingerprint density at radius 3 is 2.60 bits per heavy atom. The first-order valence-electron chi connectivity index (χ1n) is 8.71. The summed E-state index contributed by atoms with van der Waals surface area (Å²) in [5.74, 6) is 1.51. The molecule has 0 N–H and O–H groups in total. The standard InChI is InChI=1S/C20H26N2O3/c1-13(2)22-14(3)10-17(15(22)4)20(23)21(5)11-16-12-24-18-8-6-7-9-19(18)25-16/h6-10,13,16H,11-12H2,1-5H3. The lowest BCUT2D eigenvalue weighted by Gasteiger charge is -2.29. The molecule has 0 bridgehead atoms. The van der Waals surface area contributed by atoms with Crippen LogP contribution in [0, 0.1) is 13.8 Å². The average Bonchev–Trinajstić information content (AvgIpc) is 2.88. The predicted molar refractivity (Wildman–Crippen MR) is 97.6 cm³/mol. The highest BCUT2D eigenvalue weighted by Gasteiger charge is 2.26. The van der Waals surface area contributed by atoms with Gasteiger partial charge in [-0.3, -0.25) is 4.79 Å². The maximum Gasteiger partial charge on any atom is 0.255 e. The summed E-state index contributed by atoms with van der Waals surface area (Å²) < 4.78 is 13.9. The van der Waals surface area contributed by atoms with Crippen LogP contribution in [-0.2, 0) is 0 Å². The third kappa shape index (κ3) is 3.36. The highest BCUT2D eigenvalue weighted by atomic mass is 16.6. The summed E-state index contributed by atoms with van der Waals surface area (Å²) in [4.78, 5) is 14.6. The molecule has 1 amide bonds. The molecule has 0 aliphatic carbocycles. The Kier molecular flexibility index (Phi) is 4.75. The van der Waals surface area contributed by atoms with Crippen LogP contribution in [0.25, 0.3) is 0 Å². The van der Waals surface area contributed by atoms with E-state index in [-0.39, 0.29) is 12.0 Å². The number of benzene rings is 1. The fourth-order valence-corrected chi connectivity index (χ4v) is 3.54. The van der Waals surface area contributed by atoms with Crippen molar-refractivity contribution in [3.63, 3.8) is 0 Å². The van der Waals surface area contributed by atoms with Crippen molar-refractivity contribution in [2.45, 2.75) is 39.8 Å². The molecule has 1 aliphatic heterocycles. The molecule has 25 heavy (non-hydrogen) atoms. The first-order chi connectivity index (χ1) is 11.9. The molecule has 2 heterocycles. The minimum atomic E-state index is -0.169. The molecule has 0 spiro atoms. The molecular weight excluding hydrogens is 316 g/mol. The summed E-state index contributed by atoms with van der Waals surface area (Å²) in [6.45, 7) is 9.23. The molecule has 1 unspecified atom stereocenters. The zero-order valence-electron chi connectivity index (χ0n) is 15.6. The maximum absolute atomic E-state index is 12.9. The molecule has 1 atom stereocenters. The second-order valence-corrected chi connectivity index (χ2v) is 6.93. The summed E-state index contributed by atoms with van der Waals surface area (Å²) in [5.41, 5.74) is 2.87. The van der Waals surface area contributed by atoms with Crippen LogP contribution in [0.15, 0.2) is 30.3 Å². The molecule has 2 aromatic rings. The van der Waals surface area contributed by atoms with Crippen molar-refractivity contribution >= 4 is 5.91 Å². The van der Waals surface area contributed by atoms with E-state index < -0.39 is 0 Å². The average molecular weight is 342 g/mol. The van der Waals surface area contributed by atoms with Crippen molar-refractivity contribution in [1.82, 2.24) is 9.47 Å². The number of amides is 1. The van der Waals surface area contributed by atoms with Crippen LogP contribution in [-0.4, -0.2) is 41.7 Å². The lowest BCUT2D eigenvalue weighted by atomic mass is 10.2. The summed E-state index contributed by atoms with van der Waals surface area (Å²) in [6, 6.07) is 9.92. The van der Waals surface area contributed by atoms with Crippen molar-refractivity contribution in [1.29, 1.82) is 0 Å². The third-order valence-corrected chi connectivity index (χ3v) is 4.62. The Hall–Kier alpha value is -2.43. The minimum Gasteiger partial charge on any atom is -0.486 e. The van der Waals surface area contributed by atoms with Gasteiger partial charge in [-0.2, -0.15) is 0 Å². The predicted octanol–water partition coefficient (Wildman–Crippen LogP) is 3.60. The number of fused-ring (bicyclic) bond motifs is 1. The van der Waals surface area contributed by atoms with Crippen LogP contribution >= 0.6 is 0 Å². The Bertz CT molecular complexity index is 779. The number of rotatable bonds is 4. The van der Waals surface area contributed by atoms with Gasteiger partial charge in [-0.15, -0.1) is 0 Å². The van der Waals surface area contributed by atoms with Crippen molar-refractivity contribution < 1.29 is 14.3 Å². The van der Waals surface area contributed by atoms with Crippen molar-refractivity contribution in [2.75, 3.05) is 20.2 Å². The molecule has 134 valence electrons. The lowest BCUT2D eigenvalue weighted by Crippen LogP contribution is -2.41. The summed E-state index contributed by atoms with van der Waals surface area (Å²) in [5, 5.41) is 0. The molecule has 0 radical (unpaired) electrons. The number of aromatic nitrogens is 1. The van der Waals surface area contributed by atoms with E-state index in [4.69, 9.17) is 9.47 Å². The second-order valence-electron chi connectivity index (χ2n) is 6.93. The van der Waals surface area contributed by atoms with Gasteiger partial charge in [-0.1, -0.05) is 12.1 Å². The van der Waals surface area contributed by atoms with Crippen LogP contribution in [0.4, 0.5) is 0 Å². The van der Waals surface area contributed by atoms with E-state index >= 15 is 0 Å². The number of ether oxygens (including phenoxy) is 2. The largest absolute Gasteiger partial charge is 0.486 e. The number of hydrogen-bond donors (Lipinski definition) is 0. The normalized spacial score (nSPS) is 16.2. The highest BCUT2D eigenvalue weighted by molar-refractivity contribution is 5.95. The van der Waals surface area contributed by atoms with Gasteiger partial charge in [-0.25, -0.2) is 0 Å². The van der Waals surface area contributed by atoms with E-state index in [2.05, 4.69) is 18.4 Å². The van der Waals surface area contributed by atoms with E-state index in [1.807, 2.05) is 51.2 Å². The van der Waals surface area contributed by atoms with E-state index in [1.54, 1.807) is 4.90 Å². The minimum absolute atomic E-state index is 0.0162. The monoisotopic (exact) mass is 342 g/mol. The number of para-hydroxylation sites is 2. The molecule has 0 saturated carbocycles. The molecular formula is C20H26N2O3. The lowest BCUT2D eigenvalue weighted by molar-refractivity contribution is 0.0520. The number of carbonyl (C=O) groups excluding carboxylic acids is 1. The first-order valence-corrected chi connectivity index (χ1v) is 8.71. The van der Waals surface area contributed by atoms with Crippen molar-refractivity contribution in [3.05, 3.63) is 47.3 Å². The number of aryl methyl sites for hydroxylation is 1. The summed E-state index contributed by atoms with van der Waals surface area (Å²) in [7, 11) is 1.81. The van der Waals surface area contributed by atoms with Crippen LogP contribution in [0.5, 0.6) is 11.5 Å². The quantitative estimate of drug-likeness (QED) is 0.853. The Morgan fingerprint density at radius 2 is 1.96 bits per heavy atom. The zero-order valence-corrected chi connectivity index (χ0v) is 15.6. The van der Waals surface area contributed by atoms with Crippen LogP contribution in [0.3, 0.4) is 0 Å². The fourth-order valence-electron chi connectivity index (χ4n) is 3.54. The molecule has 1 aromatic heterocycles. The third-order valence-electron chi connectivity index (χ3n) is 4.62. The van der Waals surface area contributed by atoms with Gasteiger partial charge in [0.25, 0.3) is 5.91 Å². The Morgan fingerprint density at radius 1 is 1.28 bits per heavy atom. The second kappa shape index (κ2) is 6.82. The van der Waals surface area contributed by atoms with Crippen LogP contribution < -0.4 is 9.47 Å². The van der Waals surface area contributed by atoms with E-state index in [0.29, 0.717) is 19.2 Å². The molecule has 1 aromatic carbocycles. The van der Waals surface area contributed by atoms with E-state index in [0.717, 1.165) is 28.5 Å². The van der Waals surface area contributed by atoms with Crippen molar-refractivity contribution in [2.24, 2.45) is 0 Å². The first kappa shape index (κ1) is 17.4. The van der Waals surface area contributed by atoms with Crippen LogP contribution in [0.1, 0.15) is 41.6 Å². The summed E-state index contributed by atoms with van der Waals surface area (Å²) in [6.07, 6.45) is -0.169. The molecule has 5 nitrogen and oxygen atoms in total. The molecule has 5 heteroatoms. The fraction of sp³-hybridized carbons (Fsp3) is 0.450. The number of carbonyl (C=O) groups is 1. The number of hydrogen-bond acceptors (Lipinski definition) is 3. The van der Waals surface area contributed by atoms with E-state index in [1.165, 1.54) is 0 Å². The van der Waals surface area contributed by atoms with Gasteiger partial charge in [0.2, 0.25) is 0 Å². The Balaban J connectivity index is 1.71.